The van der Waals surface area contributed by atoms with Gasteiger partial charge in [0.2, 0.25) is 5.91 Å². The SMILES string of the molecule is CC(C)(CNCc1ncc(Br)cc1Br)C(N)=O. The van der Waals surface area contributed by atoms with Crippen molar-refractivity contribution in [1.29, 1.82) is 0 Å². The minimum atomic E-state index is -0.554. The molecule has 1 amide bonds. The smallest absolute Gasteiger partial charge is 0.224 e. The summed E-state index contributed by atoms with van der Waals surface area (Å²) in [4.78, 5) is 15.4. The van der Waals surface area contributed by atoms with Gasteiger partial charge in [0.1, 0.15) is 0 Å². The first-order valence-electron chi connectivity index (χ1n) is 5.13. The Morgan fingerprint density at radius 1 is 1.53 bits per heavy atom. The molecule has 6 heteroatoms. The maximum Gasteiger partial charge on any atom is 0.224 e. The normalized spacial score (nSPS) is 11.5. The fraction of sp³-hybridized carbons (Fsp3) is 0.455. The summed E-state index contributed by atoms with van der Waals surface area (Å²) < 4.78 is 1.85. The van der Waals surface area contributed by atoms with E-state index in [9.17, 15) is 4.79 Å². The fourth-order valence-electron chi connectivity index (χ4n) is 1.15. The molecule has 0 saturated heterocycles. The number of primary amides is 1. The number of carbonyl (C=O) groups excluding carboxylic acids is 1. The summed E-state index contributed by atoms with van der Waals surface area (Å²) in [6.07, 6.45) is 1.74. The Labute approximate surface area is 118 Å². The molecule has 1 heterocycles. The van der Waals surface area contributed by atoms with E-state index in [1.165, 1.54) is 0 Å². The summed E-state index contributed by atoms with van der Waals surface area (Å²) in [5.41, 5.74) is 5.63. The lowest BCUT2D eigenvalue weighted by molar-refractivity contribution is -0.125. The number of nitrogens with one attached hydrogen (secondary N) is 1. The second kappa shape index (κ2) is 5.93. The molecule has 0 fully saturated rings. The molecule has 3 N–H and O–H groups in total. The van der Waals surface area contributed by atoms with Gasteiger partial charge < -0.3 is 11.1 Å². The maximum atomic E-state index is 11.1. The number of amides is 1. The molecule has 0 saturated carbocycles. The van der Waals surface area contributed by atoms with Crippen molar-refractivity contribution in [1.82, 2.24) is 10.3 Å². The van der Waals surface area contributed by atoms with Crippen LogP contribution in [0.25, 0.3) is 0 Å². The number of hydrogen-bond acceptors (Lipinski definition) is 3. The molecule has 0 aliphatic heterocycles. The molecule has 0 aromatic carbocycles. The molecule has 1 aromatic rings. The highest BCUT2D eigenvalue weighted by atomic mass is 79.9. The first kappa shape index (κ1) is 14.6. The van der Waals surface area contributed by atoms with Gasteiger partial charge >= 0.3 is 0 Å². The Kier molecular flexibility index (Phi) is 5.09. The average molecular weight is 365 g/mol. The molecular formula is C11H15Br2N3O. The van der Waals surface area contributed by atoms with Gasteiger partial charge in [0.05, 0.1) is 11.1 Å². The van der Waals surface area contributed by atoms with Gasteiger partial charge in [0.15, 0.2) is 0 Å². The van der Waals surface area contributed by atoms with Crippen molar-refractivity contribution in [3.8, 4) is 0 Å². The highest BCUT2D eigenvalue weighted by molar-refractivity contribution is 9.11. The molecule has 0 atom stereocenters. The van der Waals surface area contributed by atoms with Gasteiger partial charge in [-0.3, -0.25) is 9.78 Å². The van der Waals surface area contributed by atoms with Gasteiger partial charge in [-0.2, -0.15) is 0 Å². The third-order valence-electron chi connectivity index (χ3n) is 2.41. The van der Waals surface area contributed by atoms with Crippen LogP contribution in [-0.2, 0) is 11.3 Å². The van der Waals surface area contributed by atoms with Crippen LogP contribution in [-0.4, -0.2) is 17.4 Å². The van der Waals surface area contributed by atoms with Gasteiger partial charge in [0.25, 0.3) is 0 Å². The molecule has 0 spiro atoms. The number of aromatic nitrogens is 1. The van der Waals surface area contributed by atoms with Crippen molar-refractivity contribution in [2.45, 2.75) is 20.4 Å². The monoisotopic (exact) mass is 363 g/mol. The molecule has 1 aromatic heterocycles. The van der Waals surface area contributed by atoms with Crippen LogP contribution >= 0.6 is 31.9 Å². The van der Waals surface area contributed by atoms with E-state index in [0.717, 1.165) is 14.6 Å². The molecular weight excluding hydrogens is 350 g/mol. The van der Waals surface area contributed by atoms with Crippen LogP contribution in [0, 0.1) is 5.41 Å². The summed E-state index contributed by atoms with van der Waals surface area (Å²) in [5.74, 6) is -0.312. The number of rotatable bonds is 5. The van der Waals surface area contributed by atoms with Crippen LogP contribution < -0.4 is 11.1 Å². The highest BCUT2D eigenvalue weighted by Crippen LogP contribution is 2.19. The van der Waals surface area contributed by atoms with Crippen LogP contribution in [0.5, 0.6) is 0 Å². The van der Waals surface area contributed by atoms with Gasteiger partial charge in [-0.05, 0) is 51.8 Å². The number of nitrogens with two attached hydrogens (primary N) is 1. The van der Waals surface area contributed by atoms with Crippen molar-refractivity contribution in [2.24, 2.45) is 11.1 Å². The molecule has 17 heavy (non-hydrogen) atoms. The first-order chi connectivity index (χ1) is 7.83. The fourth-order valence-corrected chi connectivity index (χ4v) is 2.28. The zero-order chi connectivity index (χ0) is 13.1. The summed E-state index contributed by atoms with van der Waals surface area (Å²) in [5, 5.41) is 3.17. The Balaban J connectivity index is 2.54. The van der Waals surface area contributed by atoms with Crippen LogP contribution in [0.2, 0.25) is 0 Å². The quantitative estimate of drug-likeness (QED) is 0.841. The van der Waals surface area contributed by atoms with E-state index in [1.807, 2.05) is 19.9 Å². The van der Waals surface area contributed by atoms with Gasteiger partial charge in [0, 0.05) is 28.2 Å². The van der Waals surface area contributed by atoms with Crippen molar-refractivity contribution in [3.05, 3.63) is 26.9 Å². The molecule has 0 radical (unpaired) electrons. The molecule has 94 valence electrons. The van der Waals surface area contributed by atoms with E-state index in [0.29, 0.717) is 13.1 Å². The highest BCUT2D eigenvalue weighted by Gasteiger charge is 2.24. The second-order valence-corrected chi connectivity index (χ2v) is 6.20. The van der Waals surface area contributed by atoms with E-state index in [2.05, 4.69) is 42.2 Å². The third-order valence-corrected chi connectivity index (χ3v) is 3.53. The number of carbonyl (C=O) groups is 1. The topological polar surface area (TPSA) is 68.0 Å². The number of halogens is 2. The van der Waals surface area contributed by atoms with Gasteiger partial charge in [-0.25, -0.2) is 0 Å². The lowest BCUT2D eigenvalue weighted by atomic mass is 9.93. The van der Waals surface area contributed by atoms with E-state index in [-0.39, 0.29) is 5.91 Å². The predicted molar refractivity (Wildman–Crippen MR) is 74.3 cm³/mol. The average Bonchev–Trinajstić information content (AvgIpc) is 2.21. The van der Waals surface area contributed by atoms with Crippen molar-refractivity contribution in [3.63, 3.8) is 0 Å². The third kappa shape index (κ3) is 4.37. The lowest BCUT2D eigenvalue weighted by Gasteiger charge is -2.20. The lowest BCUT2D eigenvalue weighted by Crippen LogP contribution is -2.40. The van der Waals surface area contributed by atoms with Gasteiger partial charge in [-0.15, -0.1) is 0 Å². The summed E-state index contributed by atoms with van der Waals surface area (Å²) in [6.45, 7) is 4.73. The summed E-state index contributed by atoms with van der Waals surface area (Å²) >= 11 is 6.77. The Bertz CT molecular complexity index is 421. The summed E-state index contributed by atoms with van der Waals surface area (Å²) in [6, 6.07) is 1.93. The van der Waals surface area contributed by atoms with Crippen LogP contribution in [0.15, 0.2) is 21.2 Å². The molecule has 1 rings (SSSR count). The Morgan fingerprint density at radius 2 is 2.18 bits per heavy atom. The molecule has 4 nitrogen and oxygen atoms in total. The van der Waals surface area contributed by atoms with E-state index in [1.54, 1.807) is 6.20 Å². The number of hydrogen-bond donors (Lipinski definition) is 2. The largest absolute Gasteiger partial charge is 0.369 e. The Morgan fingerprint density at radius 3 is 2.71 bits per heavy atom. The number of pyridine rings is 1. The summed E-state index contributed by atoms with van der Waals surface area (Å²) in [7, 11) is 0. The van der Waals surface area contributed by atoms with Crippen LogP contribution in [0.3, 0.4) is 0 Å². The van der Waals surface area contributed by atoms with E-state index < -0.39 is 5.41 Å². The van der Waals surface area contributed by atoms with Gasteiger partial charge in [-0.1, -0.05) is 0 Å². The molecule has 0 aliphatic rings. The van der Waals surface area contributed by atoms with Crippen LogP contribution in [0.1, 0.15) is 19.5 Å². The van der Waals surface area contributed by atoms with Crippen molar-refractivity contribution in [2.75, 3.05) is 6.54 Å². The molecule has 0 bridgehead atoms. The standard InChI is InChI=1S/C11H15Br2N3O/c1-11(2,10(14)17)6-15-5-9-8(13)3-7(12)4-16-9/h3-4,15H,5-6H2,1-2H3,(H2,14,17). The van der Waals surface area contributed by atoms with E-state index >= 15 is 0 Å². The molecule has 0 unspecified atom stereocenters. The Hall–Kier alpha value is -0.460. The van der Waals surface area contributed by atoms with E-state index in [4.69, 9.17) is 5.73 Å². The minimum Gasteiger partial charge on any atom is -0.369 e. The minimum absolute atomic E-state index is 0.312. The first-order valence-corrected chi connectivity index (χ1v) is 6.72. The maximum absolute atomic E-state index is 11.1. The van der Waals surface area contributed by atoms with Crippen molar-refractivity contribution >= 4 is 37.8 Å². The van der Waals surface area contributed by atoms with Crippen LogP contribution in [0.4, 0.5) is 0 Å². The predicted octanol–water partition coefficient (Wildman–Crippen LogP) is 2.21. The second-order valence-electron chi connectivity index (χ2n) is 4.43. The zero-order valence-corrected chi connectivity index (χ0v) is 12.9. The zero-order valence-electron chi connectivity index (χ0n) is 9.76. The van der Waals surface area contributed by atoms with Crippen molar-refractivity contribution < 1.29 is 4.79 Å². The number of nitrogens with zero attached hydrogens (tertiary/aromatic N) is 1. The molecule has 0 aliphatic carbocycles.